The highest BCUT2D eigenvalue weighted by molar-refractivity contribution is 7.90. The molecule has 1 N–H and O–H groups in total. The smallest absolute Gasteiger partial charge is 0.175 e. The van der Waals surface area contributed by atoms with Gasteiger partial charge in [0.2, 0.25) is 0 Å². The third-order valence-corrected chi connectivity index (χ3v) is 6.24. The van der Waals surface area contributed by atoms with Crippen LogP contribution in [0.25, 0.3) is 11.3 Å². The number of hydrogen-bond acceptors (Lipinski definition) is 5. The molecule has 1 unspecified atom stereocenters. The van der Waals surface area contributed by atoms with Gasteiger partial charge in [0.15, 0.2) is 9.84 Å². The number of morpholine rings is 1. The molecule has 0 radical (unpaired) electrons. The molecule has 158 valence electrons. The van der Waals surface area contributed by atoms with Crippen molar-refractivity contribution in [2.45, 2.75) is 17.5 Å². The number of rotatable bonds is 5. The molecule has 2 heterocycles. The first-order valence-electron chi connectivity index (χ1n) is 9.42. The van der Waals surface area contributed by atoms with E-state index in [1.807, 2.05) is 0 Å². The molecular formula is C21H21F2N3O3S. The lowest BCUT2D eigenvalue weighted by Gasteiger charge is -2.34. The lowest BCUT2D eigenvalue weighted by atomic mass is 10.1. The average molecular weight is 433 g/mol. The molecule has 4 rings (SSSR count). The zero-order chi connectivity index (χ0) is 21.3. The van der Waals surface area contributed by atoms with Crippen LogP contribution in [-0.2, 0) is 21.1 Å². The summed E-state index contributed by atoms with van der Waals surface area (Å²) in [7, 11) is -3.24. The Labute approximate surface area is 173 Å². The Morgan fingerprint density at radius 1 is 1.20 bits per heavy atom. The van der Waals surface area contributed by atoms with Crippen molar-refractivity contribution in [2.24, 2.45) is 0 Å². The van der Waals surface area contributed by atoms with Crippen LogP contribution in [0.3, 0.4) is 0 Å². The summed E-state index contributed by atoms with van der Waals surface area (Å²) in [6.45, 7) is 2.23. The molecule has 1 saturated heterocycles. The first kappa shape index (κ1) is 20.6. The molecule has 1 atom stereocenters. The number of ether oxygens (including phenoxy) is 1. The number of aromatic nitrogens is 2. The molecule has 0 saturated carbocycles. The fraction of sp³-hybridized carbons (Fsp3) is 0.286. The Balaban J connectivity index is 1.55. The zero-order valence-electron chi connectivity index (χ0n) is 16.3. The van der Waals surface area contributed by atoms with Crippen LogP contribution in [0.1, 0.15) is 17.4 Å². The van der Waals surface area contributed by atoms with Crippen molar-refractivity contribution < 1.29 is 21.9 Å². The first-order valence-corrected chi connectivity index (χ1v) is 11.3. The summed E-state index contributed by atoms with van der Waals surface area (Å²) in [5, 5.41) is 0. The third-order valence-electron chi connectivity index (χ3n) is 5.11. The van der Waals surface area contributed by atoms with Gasteiger partial charge in [-0.1, -0.05) is 12.1 Å². The van der Waals surface area contributed by atoms with E-state index in [1.54, 1.807) is 24.3 Å². The third kappa shape index (κ3) is 4.43. The van der Waals surface area contributed by atoms with E-state index in [4.69, 9.17) is 4.74 Å². The number of sulfone groups is 1. The van der Waals surface area contributed by atoms with Gasteiger partial charge in [-0.3, -0.25) is 4.90 Å². The topological polar surface area (TPSA) is 75.3 Å². The number of nitrogens with one attached hydrogen (secondary N) is 1. The van der Waals surface area contributed by atoms with Gasteiger partial charge in [0.1, 0.15) is 17.5 Å². The van der Waals surface area contributed by atoms with E-state index in [9.17, 15) is 17.2 Å². The van der Waals surface area contributed by atoms with Crippen LogP contribution in [0.2, 0.25) is 0 Å². The molecule has 3 aromatic rings. The number of H-pyrrole nitrogens is 1. The summed E-state index contributed by atoms with van der Waals surface area (Å²) in [4.78, 5) is 9.98. The molecule has 0 amide bonds. The lowest BCUT2D eigenvalue weighted by Crippen LogP contribution is -2.39. The van der Waals surface area contributed by atoms with Crippen LogP contribution in [-0.4, -0.2) is 49.3 Å². The summed E-state index contributed by atoms with van der Waals surface area (Å²) in [5.74, 6) is -0.668. The summed E-state index contributed by atoms with van der Waals surface area (Å²) in [6, 6.07) is 10.0. The van der Waals surface area contributed by atoms with Gasteiger partial charge < -0.3 is 9.72 Å². The van der Waals surface area contributed by atoms with Crippen LogP contribution in [0, 0.1) is 11.6 Å². The molecule has 2 aromatic carbocycles. The van der Waals surface area contributed by atoms with Crippen molar-refractivity contribution in [3.8, 4) is 11.3 Å². The van der Waals surface area contributed by atoms with Crippen LogP contribution in [0.5, 0.6) is 0 Å². The number of halogens is 2. The zero-order valence-corrected chi connectivity index (χ0v) is 17.1. The van der Waals surface area contributed by atoms with E-state index in [2.05, 4.69) is 14.9 Å². The Kier molecular flexibility index (Phi) is 5.68. The Bertz CT molecular complexity index is 1150. The summed E-state index contributed by atoms with van der Waals surface area (Å²) in [5.41, 5.74) is 1.67. The second-order valence-electron chi connectivity index (χ2n) is 7.28. The molecule has 1 aliphatic heterocycles. The molecule has 1 fully saturated rings. The normalized spacial score (nSPS) is 17.9. The van der Waals surface area contributed by atoms with E-state index in [-0.39, 0.29) is 16.5 Å². The molecule has 1 aliphatic rings. The average Bonchev–Trinajstić information content (AvgIpc) is 3.18. The molecule has 1 aromatic heterocycles. The van der Waals surface area contributed by atoms with Crippen molar-refractivity contribution in [3.63, 3.8) is 0 Å². The highest BCUT2D eigenvalue weighted by Crippen LogP contribution is 2.28. The van der Waals surface area contributed by atoms with Gasteiger partial charge in [-0.2, -0.15) is 0 Å². The van der Waals surface area contributed by atoms with Gasteiger partial charge >= 0.3 is 0 Å². The largest absolute Gasteiger partial charge is 0.378 e. The molecular weight excluding hydrogens is 412 g/mol. The Morgan fingerprint density at radius 2 is 1.97 bits per heavy atom. The standard InChI is InChI=1S/C21H21F2N3O3S/c1-30(27,28)16-5-2-14(3-6-16)12-26-8-9-29-13-20(26)21-24-11-19(25-21)17-7-4-15(22)10-18(17)23/h2-7,10-11,20H,8-9,12-13H2,1H3,(H,24,25). The summed E-state index contributed by atoms with van der Waals surface area (Å²) >= 11 is 0. The fourth-order valence-electron chi connectivity index (χ4n) is 3.51. The van der Waals surface area contributed by atoms with Gasteiger partial charge in [0.05, 0.1) is 36.0 Å². The number of aromatic amines is 1. The highest BCUT2D eigenvalue weighted by Gasteiger charge is 2.27. The molecule has 30 heavy (non-hydrogen) atoms. The fourth-order valence-corrected chi connectivity index (χ4v) is 4.14. The predicted molar refractivity (Wildman–Crippen MR) is 107 cm³/mol. The maximum Gasteiger partial charge on any atom is 0.175 e. The van der Waals surface area contributed by atoms with Crippen molar-refractivity contribution in [1.82, 2.24) is 14.9 Å². The minimum absolute atomic E-state index is 0.175. The summed E-state index contributed by atoms with van der Waals surface area (Å²) < 4.78 is 56.2. The van der Waals surface area contributed by atoms with Gasteiger partial charge in [-0.25, -0.2) is 22.2 Å². The predicted octanol–water partition coefficient (Wildman–Crippen LogP) is 3.33. The van der Waals surface area contributed by atoms with E-state index < -0.39 is 21.5 Å². The number of hydrogen-bond donors (Lipinski definition) is 1. The van der Waals surface area contributed by atoms with Gasteiger partial charge in [0, 0.05) is 31.0 Å². The Hall–Kier alpha value is -2.62. The van der Waals surface area contributed by atoms with E-state index in [0.717, 1.165) is 11.6 Å². The minimum Gasteiger partial charge on any atom is -0.378 e. The second-order valence-corrected chi connectivity index (χ2v) is 9.30. The van der Waals surface area contributed by atoms with Crippen LogP contribution >= 0.6 is 0 Å². The van der Waals surface area contributed by atoms with Gasteiger partial charge in [-0.05, 0) is 29.8 Å². The molecule has 0 bridgehead atoms. The summed E-state index contributed by atoms with van der Waals surface area (Å²) in [6.07, 6.45) is 2.71. The monoisotopic (exact) mass is 433 g/mol. The maximum atomic E-state index is 14.1. The number of nitrogens with zero attached hydrogens (tertiary/aromatic N) is 2. The minimum atomic E-state index is -3.24. The van der Waals surface area contributed by atoms with Crippen LogP contribution in [0.15, 0.2) is 53.6 Å². The van der Waals surface area contributed by atoms with Crippen molar-refractivity contribution in [3.05, 3.63) is 71.7 Å². The van der Waals surface area contributed by atoms with Crippen molar-refractivity contribution in [2.75, 3.05) is 26.0 Å². The van der Waals surface area contributed by atoms with Crippen LogP contribution in [0.4, 0.5) is 8.78 Å². The maximum absolute atomic E-state index is 14.1. The molecule has 9 heteroatoms. The highest BCUT2D eigenvalue weighted by atomic mass is 32.2. The molecule has 0 aliphatic carbocycles. The second kappa shape index (κ2) is 8.25. The Morgan fingerprint density at radius 3 is 2.67 bits per heavy atom. The molecule has 6 nitrogen and oxygen atoms in total. The van der Waals surface area contributed by atoms with Crippen molar-refractivity contribution >= 4 is 9.84 Å². The van der Waals surface area contributed by atoms with E-state index in [0.29, 0.717) is 37.8 Å². The SMILES string of the molecule is CS(=O)(=O)c1ccc(CN2CCOCC2c2ncc(-c3ccc(F)cc3F)[nH]2)cc1. The van der Waals surface area contributed by atoms with Gasteiger partial charge in [-0.15, -0.1) is 0 Å². The first-order chi connectivity index (χ1) is 14.3. The quantitative estimate of drug-likeness (QED) is 0.668. The van der Waals surface area contributed by atoms with E-state index >= 15 is 0 Å². The van der Waals surface area contributed by atoms with E-state index in [1.165, 1.54) is 24.6 Å². The van der Waals surface area contributed by atoms with Gasteiger partial charge in [0.25, 0.3) is 0 Å². The number of benzene rings is 2. The lowest BCUT2D eigenvalue weighted by molar-refractivity contribution is -0.0156. The van der Waals surface area contributed by atoms with Crippen molar-refractivity contribution in [1.29, 1.82) is 0 Å². The molecule has 0 spiro atoms. The number of imidazole rings is 1. The van der Waals surface area contributed by atoms with Crippen LogP contribution < -0.4 is 0 Å².